The van der Waals surface area contributed by atoms with E-state index in [1.54, 1.807) is 27.7 Å². The number of allylic oxidation sites excluding steroid dienone is 4. The van der Waals surface area contributed by atoms with E-state index < -0.39 is 5.83 Å². The van der Waals surface area contributed by atoms with E-state index in [0.29, 0.717) is 0 Å². The van der Waals surface area contributed by atoms with Crippen molar-refractivity contribution < 1.29 is 8.78 Å². The lowest BCUT2D eigenvalue weighted by molar-refractivity contribution is 0.534. The Hall–Kier alpha value is -0.660. The van der Waals surface area contributed by atoms with E-state index >= 15 is 0 Å². The monoisotopic (exact) mass is 174 g/mol. The van der Waals surface area contributed by atoms with Crippen molar-refractivity contribution in [3.63, 3.8) is 0 Å². The van der Waals surface area contributed by atoms with Gasteiger partial charge in [0.2, 0.25) is 0 Å². The van der Waals surface area contributed by atoms with Gasteiger partial charge in [-0.05, 0) is 19.3 Å². The van der Waals surface area contributed by atoms with Crippen LogP contribution < -0.4 is 0 Å². The molecular weight excluding hydrogens is 158 g/mol. The van der Waals surface area contributed by atoms with Crippen molar-refractivity contribution in [3.8, 4) is 0 Å². The van der Waals surface area contributed by atoms with E-state index in [-0.39, 0.29) is 23.7 Å². The highest BCUT2D eigenvalue weighted by molar-refractivity contribution is 5.29. The largest absolute Gasteiger partial charge is 0.211 e. The van der Waals surface area contributed by atoms with Gasteiger partial charge in [-0.25, -0.2) is 8.78 Å². The van der Waals surface area contributed by atoms with E-state index in [9.17, 15) is 8.78 Å². The quantitative estimate of drug-likeness (QED) is 0.564. The van der Waals surface area contributed by atoms with Crippen molar-refractivity contribution in [1.29, 1.82) is 0 Å². The highest BCUT2D eigenvalue weighted by Gasteiger charge is 2.13. The van der Waals surface area contributed by atoms with Crippen LogP contribution in [-0.2, 0) is 0 Å². The van der Waals surface area contributed by atoms with Crippen LogP contribution in [0.1, 0.15) is 34.1 Å². The fourth-order valence-electron chi connectivity index (χ4n) is 1.06. The Bertz CT molecular complexity index is 200. The molecule has 0 unspecified atom stereocenters. The third kappa shape index (κ3) is 2.76. The molecule has 0 nitrogen and oxygen atoms in total. The Morgan fingerprint density at radius 3 is 2.08 bits per heavy atom. The highest BCUT2D eigenvalue weighted by atomic mass is 19.1. The Morgan fingerprint density at radius 2 is 1.83 bits per heavy atom. The maximum absolute atomic E-state index is 13.1. The van der Waals surface area contributed by atoms with Crippen molar-refractivity contribution in [2.24, 2.45) is 5.92 Å². The molecule has 0 aromatic heterocycles. The summed E-state index contributed by atoms with van der Waals surface area (Å²) in [5, 5.41) is 0. The maximum atomic E-state index is 13.1. The first-order valence-electron chi connectivity index (χ1n) is 4.25. The van der Waals surface area contributed by atoms with Crippen molar-refractivity contribution >= 4 is 0 Å². The first-order chi connectivity index (χ1) is 5.54. The maximum Gasteiger partial charge on any atom is 0.124 e. The van der Waals surface area contributed by atoms with Gasteiger partial charge in [-0.3, -0.25) is 0 Å². The van der Waals surface area contributed by atoms with E-state index in [2.05, 4.69) is 0 Å². The van der Waals surface area contributed by atoms with E-state index in [1.807, 2.05) is 0 Å². The lowest BCUT2D eigenvalue weighted by atomic mass is 10.00. The van der Waals surface area contributed by atoms with Gasteiger partial charge >= 0.3 is 0 Å². The third-order valence-electron chi connectivity index (χ3n) is 1.69. The number of hydrogen-bond acceptors (Lipinski definition) is 0. The Balaban J connectivity index is 4.92. The molecule has 0 heterocycles. The van der Waals surface area contributed by atoms with Gasteiger partial charge < -0.3 is 0 Å². The molecule has 0 atom stereocenters. The van der Waals surface area contributed by atoms with Crippen LogP contribution in [0.15, 0.2) is 23.3 Å². The van der Waals surface area contributed by atoms with Crippen LogP contribution in [0.3, 0.4) is 0 Å². The zero-order valence-corrected chi connectivity index (χ0v) is 8.12. The minimum Gasteiger partial charge on any atom is -0.211 e. The van der Waals surface area contributed by atoms with Crippen molar-refractivity contribution in [2.75, 3.05) is 0 Å². The summed E-state index contributed by atoms with van der Waals surface area (Å²) in [7, 11) is 0. The SMILES string of the molecule is C/C=C(F)\C(=C(\F)CC)C(C)C. The van der Waals surface area contributed by atoms with Gasteiger partial charge in [0.25, 0.3) is 0 Å². The van der Waals surface area contributed by atoms with Crippen LogP contribution >= 0.6 is 0 Å². The molecule has 0 aliphatic carbocycles. The molecule has 0 radical (unpaired) electrons. The summed E-state index contributed by atoms with van der Waals surface area (Å²) < 4.78 is 26.1. The van der Waals surface area contributed by atoms with Gasteiger partial charge in [0.05, 0.1) is 0 Å². The molecule has 0 aromatic rings. The zero-order chi connectivity index (χ0) is 9.72. The molecular formula is C10H16F2. The molecule has 0 saturated carbocycles. The average molecular weight is 174 g/mol. The minimum atomic E-state index is -0.440. The minimum absolute atomic E-state index is 0.0962. The molecule has 0 aliphatic rings. The first kappa shape index (κ1) is 11.3. The van der Waals surface area contributed by atoms with Crippen LogP contribution in [0.25, 0.3) is 0 Å². The summed E-state index contributed by atoms with van der Waals surface area (Å²) in [5.74, 6) is -0.883. The van der Waals surface area contributed by atoms with Gasteiger partial charge in [-0.15, -0.1) is 0 Å². The molecule has 0 amide bonds. The van der Waals surface area contributed by atoms with Gasteiger partial charge in [0, 0.05) is 5.57 Å². The molecule has 0 rings (SSSR count). The summed E-state index contributed by atoms with van der Waals surface area (Å²) in [6, 6.07) is 0. The summed E-state index contributed by atoms with van der Waals surface area (Å²) in [6.07, 6.45) is 1.55. The smallest absolute Gasteiger partial charge is 0.124 e. The van der Waals surface area contributed by atoms with Gasteiger partial charge in [0.1, 0.15) is 11.7 Å². The fourth-order valence-corrected chi connectivity index (χ4v) is 1.06. The molecule has 0 fully saturated rings. The Morgan fingerprint density at radius 1 is 1.33 bits per heavy atom. The van der Waals surface area contributed by atoms with E-state index in [1.165, 1.54) is 6.08 Å². The molecule has 0 bridgehead atoms. The second kappa shape index (κ2) is 5.07. The third-order valence-corrected chi connectivity index (χ3v) is 1.69. The molecule has 12 heavy (non-hydrogen) atoms. The van der Waals surface area contributed by atoms with Crippen LogP contribution in [0, 0.1) is 5.92 Å². The highest BCUT2D eigenvalue weighted by Crippen LogP contribution is 2.26. The second-order valence-electron chi connectivity index (χ2n) is 2.96. The fraction of sp³-hybridized carbons (Fsp3) is 0.600. The van der Waals surface area contributed by atoms with Gasteiger partial charge in [0.15, 0.2) is 0 Å². The summed E-state index contributed by atoms with van der Waals surface area (Å²) in [6.45, 7) is 6.82. The molecule has 70 valence electrons. The van der Waals surface area contributed by atoms with Crippen molar-refractivity contribution in [2.45, 2.75) is 34.1 Å². The van der Waals surface area contributed by atoms with Gasteiger partial charge in [-0.2, -0.15) is 0 Å². The normalized spacial score (nSPS) is 15.1. The van der Waals surface area contributed by atoms with Crippen LogP contribution in [0.4, 0.5) is 8.78 Å². The lowest BCUT2D eigenvalue weighted by Crippen LogP contribution is -1.97. The van der Waals surface area contributed by atoms with Crippen molar-refractivity contribution in [1.82, 2.24) is 0 Å². The van der Waals surface area contributed by atoms with E-state index in [4.69, 9.17) is 0 Å². The first-order valence-corrected chi connectivity index (χ1v) is 4.25. The van der Waals surface area contributed by atoms with Crippen LogP contribution in [0.2, 0.25) is 0 Å². The summed E-state index contributed by atoms with van der Waals surface area (Å²) in [4.78, 5) is 0. The molecule has 0 spiro atoms. The number of rotatable bonds is 3. The summed E-state index contributed by atoms with van der Waals surface area (Å²) >= 11 is 0. The second-order valence-corrected chi connectivity index (χ2v) is 2.96. The molecule has 0 saturated heterocycles. The topological polar surface area (TPSA) is 0 Å². The van der Waals surface area contributed by atoms with E-state index in [0.717, 1.165) is 0 Å². The zero-order valence-electron chi connectivity index (χ0n) is 8.12. The molecule has 0 aromatic carbocycles. The predicted octanol–water partition coefficient (Wildman–Crippen LogP) is 4.15. The van der Waals surface area contributed by atoms with Crippen LogP contribution in [0.5, 0.6) is 0 Å². The molecule has 2 heteroatoms. The molecule has 0 N–H and O–H groups in total. The molecule has 0 aliphatic heterocycles. The lowest BCUT2D eigenvalue weighted by Gasteiger charge is -2.09. The number of hydrogen-bond donors (Lipinski definition) is 0. The average Bonchev–Trinajstić information content (AvgIpc) is 2.03. The summed E-state index contributed by atoms with van der Waals surface area (Å²) in [5.41, 5.74) is 0.208. The predicted molar refractivity (Wildman–Crippen MR) is 48.1 cm³/mol. The standard InChI is InChI=1S/C10H16F2/c1-5-8(11)10(7(3)4)9(12)6-2/h5,7H,6H2,1-4H3/b8-5+,10-9+. The Labute approximate surface area is 73.0 Å². The van der Waals surface area contributed by atoms with Crippen LogP contribution in [-0.4, -0.2) is 0 Å². The van der Waals surface area contributed by atoms with Gasteiger partial charge in [-0.1, -0.05) is 26.8 Å². The number of halogens is 2. The van der Waals surface area contributed by atoms with Crippen molar-refractivity contribution in [3.05, 3.63) is 23.3 Å². The Kier molecular flexibility index (Phi) is 4.79.